The summed E-state index contributed by atoms with van der Waals surface area (Å²) in [7, 11) is 0. The maximum atomic E-state index is 11.6. The SMILES string of the molecule is CC(C)(C)OC(=O)NC1CCN(CCOS)CC1. The average Bonchev–Trinajstić information content (AvgIpc) is 2.25. The minimum absolute atomic E-state index is 0.216. The van der Waals surface area contributed by atoms with Crippen LogP contribution in [0.1, 0.15) is 33.6 Å². The topological polar surface area (TPSA) is 50.8 Å². The van der Waals surface area contributed by atoms with Gasteiger partial charge in [-0.25, -0.2) is 4.79 Å². The zero-order valence-corrected chi connectivity index (χ0v) is 12.3. The van der Waals surface area contributed by atoms with Crippen molar-refractivity contribution in [1.29, 1.82) is 0 Å². The molecule has 0 unspecified atom stereocenters. The first kappa shape index (κ1) is 15.6. The van der Waals surface area contributed by atoms with Gasteiger partial charge in [-0.1, -0.05) is 0 Å². The predicted octanol–water partition coefficient (Wildman–Crippen LogP) is 1.84. The summed E-state index contributed by atoms with van der Waals surface area (Å²) in [5, 5.41) is 2.92. The fourth-order valence-electron chi connectivity index (χ4n) is 1.95. The summed E-state index contributed by atoms with van der Waals surface area (Å²) in [5.41, 5.74) is -0.436. The standard InChI is InChI=1S/C12H24N2O3S/c1-12(2,3)17-11(15)13-10-4-6-14(7-5-10)8-9-16-18/h10,18H,4-9H2,1-3H3,(H,13,15). The molecule has 5 nitrogen and oxygen atoms in total. The van der Waals surface area contributed by atoms with E-state index in [0.29, 0.717) is 6.61 Å². The Hall–Kier alpha value is -0.460. The first-order valence-corrected chi connectivity index (χ1v) is 6.75. The van der Waals surface area contributed by atoms with E-state index in [2.05, 4.69) is 23.1 Å². The maximum absolute atomic E-state index is 11.6. The third kappa shape index (κ3) is 6.47. The molecule has 1 heterocycles. The number of amides is 1. The van der Waals surface area contributed by atoms with Crippen molar-refractivity contribution in [2.24, 2.45) is 0 Å². The Morgan fingerprint density at radius 3 is 2.50 bits per heavy atom. The van der Waals surface area contributed by atoms with Gasteiger partial charge in [-0.15, -0.1) is 0 Å². The molecule has 6 heteroatoms. The van der Waals surface area contributed by atoms with E-state index in [1.807, 2.05) is 20.8 Å². The number of carbonyl (C=O) groups excluding carboxylic acids is 1. The smallest absolute Gasteiger partial charge is 0.407 e. The molecular formula is C12H24N2O3S. The highest BCUT2D eigenvalue weighted by atomic mass is 32.1. The normalized spacial score (nSPS) is 18.7. The van der Waals surface area contributed by atoms with Gasteiger partial charge in [0.15, 0.2) is 0 Å². The van der Waals surface area contributed by atoms with Crippen LogP contribution in [0.15, 0.2) is 0 Å². The van der Waals surface area contributed by atoms with Crippen molar-refractivity contribution in [3.05, 3.63) is 0 Å². The number of thiol groups is 1. The Kier molecular flexibility index (Phi) is 6.25. The van der Waals surface area contributed by atoms with Crippen molar-refractivity contribution < 1.29 is 13.7 Å². The molecule has 0 saturated carbocycles. The summed E-state index contributed by atoms with van der Waals surface area (Å²) in [4.78, 5) is 13.9. The zero-order valence-electron chi connectivity index (χ0n) is 11.4. The lowest BCUT2D eigenvalue weighted by Gasteiger charge is -2.32. The number of piperidine rings is 1. The van der Waals surface area contributed by atoms with Gasteiger partial charge >= 0.3 is 6.09 Å². The first-order valence-electron chi connectivity index (χ1n) is 6.39. The van der Waals surface area contributed by atoms with Crippen LogP contribution >= 0.6 is 12.9 Å². The number of nitrogens with zero attached hydrogens (tertiary/aromatic N) is 1. The van der Waals surface area contributed by atoms with Gasteiger partial charge in [0.25, 0.3) is 0 Å². The Labute approximate surface area is 115 Å². The summed E-state index contributed by atoms with van der Waals surface area (Å²) >= 11 is 3.72. The van der Waals surface area contributed by atoms with Crippen LogP contribution in [0.4, 0.5) is 4.79 Å². The van der Waals surface area contributed by atoms with Crippen LogP contribution in [0.5, 0.6) is 0 Å². The van der Waals surface area contributed by atoms with Crippen molar-refractivity contribution in [3.63, 3.8) is 0 Å². The molecule has 0 spiro atoms. The first-order chi connectivity index (χ1) is 8.40. The van der Waals surface area contributed by atoms with E-state index in [0.717, 1.165) is 32.5 Å². The number of carbonyl (C=O) groups is 1. The summed E-state index contributed by atoms with van der Waals surface area (Å²) in [6.45, 7) is 9.07. The number of hydrogen-bond donors (Lipinski definition) is 2. The summed E-state index contributed by atoms with van der Waals surface area (Å²) < 4.78 is 9.99. The second-order valence-electron chi connectivity index (χ2n) is 5.60. The zero-order chi connectivity index (χ0) is 13.6. The molecule has 106 valence electrons. The molecule has 0 atom stereocenters. The van der Waals surface area contributed by atoms with Gasteiger partial charge in [-0.3, -0.25) is 0 Å². The van der Waals surface area contributed by atoms with E-state index in [4.69, 9.17) is 8.92 Å². The van der Waals surface area contributed by atoms with Gasteiger partial charge in [0, 0.05) is 25.7 Å². The van der Waals surface area contributed by atoms with E-state index < -0.39 is 5.60 Å². The number of hydrogen-bond acceptors (Lipinski definition) is 5. The van der Waals surface area contributed by atoms with E-state index in [1.54, 1.807) is 0 Å². The van der Waals surface area contributed by atoms with Gasteiger partial charge in [-0.05, 0) is 46.5 Å². The number of ether oxygens (including phenoxy) is 1. The maximum Gasteiger partial charge on any atom is 0.407 e. The molecule has 0 aliphatic carbocycles. The number of alkyl carbamates (subject to hydrolysis) is 1. The highest BCUT2D eigenvalue weighted by Crippen LogP contribution is 2.12. The highest BCUT2D eigenvalue weighted by Gasteiger charge is 2.23. The van der Waals surface area contributed by atoms with Crippen molar-refractivity contribution in [2.75, 3.05) is 26.2 Å². The van der Waals surface area contributed by atoms with E-state index >= 15 is 0 Å². The largest absolute Gasteiger partial charge is 0.444 e. The third-order valence-electron chi connectivity index (χ3n) is 2.81. The molecule has 0 radical (unpaired) electrons. The van der Waals surface area contributed by atoms with Crippen molar-refractivity contribution >= 4 is 19.0 Å². The molecule has 1 aliphatic heterocycles. The van der Waals surface area contributed by atoms with Gasteiger partial charge in [0.1, 0.15) is 5.60 Å². The minimum atomic E-state index is -0.436. The summed E-state index contributed by atoms with van der Waals surface area (Å²) in [6, 6.07) is 0.216. The van der Waals surface area contributed by atoms with Crippen LogP contribution < -0.4 is 5.32 Å². The van der Waals surface area contributed by atoms with Crippen molar-refractivity contribution in [2.45, 2.75) is 45.3 Å². The second kappa shape index (κ2) is 7.21. The van der Waals surface area contributed by atoms with E-state index in [-0.39, 0.29) is 12.1 Å². The molecule has 0 aromatic rings. The van der Waals surface area contributed by atoms with Crippen LogP contribution in [0.3, 0.4) is 0 Å². The Balaban J connectivity index is 2.21. The van der Waals surface area contributed by atoms with Crippen molar-refractivity contribution in [1.82, 2.24) is 10.2 Å². The summed E-state index contributed by atoms with van der Waals surface area (Å²) in [6.07, 6.45) is 1.58. The van der Waals surface area contributed by atoms with Crippen LogP contribution in [0.2, 0.25) is 0 Å². The Morgan fingerprint density at radius 1 is 1.39 bits per heavy atom. The average molecular weight is 276 g/mol. The van der Waals surface area contributed by atoms with E-state index in [1.165, 1.54) is 0 Å². The lowest BCUT2D eigenvalue weighted by Crippen LogP contribution is -2.46. The third-order valence-corrected chi connectivity index (χ3v) is 2.99. The Morgan fingerprint density at radius 2 is 2.00 bits per heavy atom. The Bertz CT molecular complexity index is 261. The molecule has 0 aromatic carbocycles. The monoisotopic (exact) mass is 276 g/mol. The molecule has 0 aromatic heterocycles. The van der Waals surface area contributed by atoms with Crippen LogP contribution in [-0.4, -0.2) is 48.9 Å². The van der Waals surface area contributed by atoms with Crippen molar-refractivity contribution in [3.8, 4) is 0 Å². The molecule has 1 fully saturated rings. The molecular weight excluding hydrogens is 252 g/mol. The molecule has 18 heavy (non-hydrogen) atoms. The molecule has 1 N–H and O–H groups in total. The second-order valence-corrected chi connectivity index (χ2v) is 5.85. The molecule has 1 rings (SSSR count). The predicted molar refractivity (Wildman–Crippen MR) is 73.8 cm³/mol. The quantitative estimate of drug-likeness (QED) is 0.607. The minimum Gasteiger partial charge on any atom is -0.444 e. The lowest BCUT2D eigenvalue weighted by atomic mass is 10.1. The van der Waals surface area contributed by atoms with Gasteiger partial charge in [0.05, 0.1) is 6.61 Å². The fourth-order valence-corrected chi connectivity index (χ4v) is 2.03. The highest BCUT2D eigenvalue weighted by molar-refractivity contribution is 7.75. The summed E-state index contributed by atoms with van der Waals surface area (Å²) in [5.74, 6) is 0. The fraction of sp³-hybridized carbons (Fsp3) is 0.917. The molecule has 1 saturated heterocycles. The van der Waals surface area contributed by atoms with Crippen LogP contribution in [0, 0.1) is 0 Å². The van der Waals surface area contributed by atoms with Gasteiger partial charge in [0.2, 0.25) is 0 Å². The number of rotatable bonds is 4. The van der Waals surface area contributed by atoms with Crippen LogP contribution in [-0.2, 0) is 8.92 Å². The molecule has 0 bridgehead atoms. The van der Waals surface area contributed by atoms with Gasteiger partial charge in [-0.2, -0.15) is 0 Å². The lowest BCUT2D eigenvalue weighted by molar-refractivity contribution is 0.0477. The molecule has 1 aliphatic rings. The van der Waals surface area contributed by atoms with Crippen LogP contribution in [0.25, 0.3) is 0 Å². The number of likely N-dealkylation sites (tertiary alicyclic amines) is 1. The van der Waals surface area contributed by atoms with Gasteiger partial charge < -0.3 is 19.1 Å². The van der Waals surface area contributed by atoms with E-state index in [9.17, 15) is 4.79 Å². The number of nitrogens with one attached hydrogen (secondary N) is 1. The molecule has 1 amide bonds.